The fourth-order valence-electron chi connectivity index (χ4n) is 8.78. The number of phenolic OH excluding ortho intramolecular Hbond substituents is 1. The normalized spacial score (nSPS) is 7.51. The number of carboxylic acids is 1. The number of carbonyl (C=O) groups is 2. The highest BCUT2D eigenvalue weighted by Gasteiger charge is 2.16. The molecule has 0 atom stereocenters. The average Bonchev–Trinajstić information content (AvgIpc) is 0.824. The largest absolute Gasteiger partial charge is 0.508 e. The number of hydrogen-bond donors (Lipinski definition) is 12. The minimum Gasteiger partial charge on any atom is -0.508 e. The van der Waals surface area contributed by atoms with Gasteiger partial charge in [0.1, 0.15) is 21.4 Å². The SMILES string of the molecule is CC.CC.CC.CC.CC.CC.CC.CC.CC(C)=O.CO.CO.CO.CO.CO.CO.CO.CO.CO.CO.COC.CS(C)(=O)=O.O=C(O)c1ccccc1.Oc1ccccc1.c1ccc(C(c2ccccc2)c2ccccc2)cc1.c1ccc(N(c2ccccc2)c2ccccc2)cc1.c1ccccc1.c1ccccc1.c1ccccc1.c1ccccc1.c1ccccc1.c1ccccc1.c1ccccc1.c1ccccc1. The zero-order valence-corrected chi connectivity index (χ0v) is 97.5. The maximum Gasteiger partial charge on any atom is 0.335 e. The molecule has 0 amide bonds. The molecule has 16 aromatic rings. The van der Waals surface area contributed by atoms with E-state index in [1.807, 2.05) is 426 Å². The summed E-state index contributed by atoms with van der Waals surface area (Å²) in [5, 5.41) is 87.0. The van der Waals surface area contributed by atoms with Crippen LogP contribution in [-0.2, 0) is 19.4 Å². The molecule has 16 rings (SSSR count). The summed E-state index contributed by atoms with van der Waals surface area (Å²) in [6.45, 7) is 35.1. The molecule has 150 heavy (non-hydrogen) atoms. The van der Waals surface area contributed by atoms with Crippen LogP contribution in [0.15, 0.2) is 534 Å². The van der Waals surface area contributed by atoms with Crippen LogP contribution in [0.2, 0.25) is 0 Å². The summed E-state index contributed by atoms with van der Waals surface area (Å²) in [5.74, 6) is -0.0818. The Morgan fingerprint density at radius 2 is 0.293 bits per heavy atom. The van der Waals surface area contributed by atoms with E-state index in [4.69, 9.17) is 61.3 Å². The lowest BCUT2D eigenvalue weighted by atomic mass is 9.85. The molecule has 0 unspecified atom stereocenters. The van der Waals surface area contributed by atoms with Crippen LogP contribution in [0.3, 0.4) is 0 Å². The Labute approximate surface area is 912 Å². The van der Waals surface area contributed by atoms with Crippen LogP contribution in [0.5, 0.6) is 5.75 Å². The topological polar surface area (TPSA) is 324 Å². The van der Waals surface area contributed by atoms with Gasteiger partial charge in [0.05, 0.1) is 5.56 Å². The fraction of sp³-hybridized carbons (Fsp3) is 0.252. The molecule has 18 nitrogen and oxygen atoms in total. The van der Waals surface area contributed by atoms with Crippen molar-refractivity contribution in [3.8, 4) is 5.75 Å². The summed E-state index contributed by atoms with van der Waals surface area (Å²) < 4.78 is 23.5. The minimum atomic E-state index is -2.67. The second kappa shape index (κ2) is 177. The van der Waals surface area contributed by atoms with Gasteiger partial charge >= 0.3 is 5.97 Å². The number of para-hydroxylation sites is 4. The van der Waals surface area contributed by atoms with Crippen molar-refractivity contribution in [3.63, 3.8) is 0 Å². The summed E-state index contributed by atoms with van der Waals surface area (Å²) in [7, 11) is 10.6. The molecule has 0 aromatic heterocycles. The molecule has 0 aliphatic rings. The number of ether oxygens (including phenoxy) is 1. The molecule has 16 aromatic carbocycles. The Hall–Kier alpha value is -14.2. The van der Waals surface area contributed by atoms with E-state index in [-0.39, 0.29) is 5.78 Å². The average molecular weight is 2090 g/mol. The molecule has 0 saturated heterocycles. The minimum absolute atomic E-state index is 0.167. The lowest BCUT2D eigenvalue weighted by Gasteiger charge is -2.25. The van der Waals surface area contributed by atoms with Crippen molar-refractivity contribution in [1.29, 1.82) is 0 Å². The van der Waals surface area contributed by atoms with Gasteiger partial charge in [0, 0.05) is 121 Å². The first kappa shape index (κ1) is 175. The number of ketones is 1. The van der Waals surface area contributed by atoms with Gasteiger partial charge in [0.15, 0.2) is 0 Å². The quantitative estimate of drug-likeness (QED) is 0.0660. The smallest absolute Gasteiger partial charge is 0.335 e. The Morgan fingerprint density at radius 3 is 0.380 bits per heavy atom. The number of sulfone groups is 1. The molecule has 0 heterocycles. The Morgan fingerprint density at radius 1 is 0.207 bits per heavy atom. The van der Waals surface area contributed by atoms with Gasteiger partial charge in [-0.1, -0.05) is 584 Å². The number of Topliss-reactive ketones (excluding diaryl/α,β-unsaturated/α-hetero) is 1. The third-order valence-corrected chi connectivity index (χ3v) is 13.6. The number of aromatic hydroxyl groups is 1. The van der Waals surface area contributed by atoms with Crippen molar-refractivity contribution >= 4 is 38.7 Å². The van der Waals surface area contributed by atoms with Crippen molar-refractivity contribution in [3.05, 3.63) is 556 Å². The predicted octanol–water partition coefficient (Wildman–Crippen LogP) is 31.1. The number of aromatic carboxylic acids is 1. The lowest BCUT2D eigenvalue weighted by molar-refractivity contribution is -0.115. The zero-order valence-electron chi connectivity index (χ0n) is 96.6. The van der Waals surface area contributed by atoms with E-state index in [2.05, 4.69) is 173 Å². The van der Waals surface area contributed by atoms with E-state index in [1.54, 1.807) is 68.8 Å². The van der Waals surface area contributed by atoms with Gasteiger partial charge in [-0.05, 0) is 91.2 Å². The number of methoxy groups -OCH3 is 1. The lowest BCUT2D eigenvalue weighted by Crippen LogP contribution is -2.09. The molecule has 0 aliphatic heterocycles. The van der Waals surface area contributed by atoms with Gasteiger partial charge in [0.25, 0.3) is 0 Å². The van der Waals surface area contributed by atoms with Crippen molar-refractivity contribution < 1.29 is 84.0 Å². The standard InChI is InChI=1S/C19H16.C18H15N.C7H6O2.C6H6O.8C6H6.C3H6O.C2H6O2S.C2H6O.8C2H6.10CH4O/c2*1-4-10-16(11-5-1)19(17-12-6-2-7-13-17)18-14-8-3-9-15-18;8-7(9)6-4-2-1-3-5-6;7-6-4-2-1-3-5-6;8*1-2-4-6-5-3-1;1-3(2)4;1-5(2,3)4;1-3-2;18*1-2/h1-15,19H;1-15H;1-5H,(H,8,9);1-5,7H;8*1-6H;1-2H3;1-2H3;1-2H3;8*1-2H3;10*2H,1H3. The number of nitrogens with zero attached hydrogens (tertiary/aromatic N) is 1. The van der Waals surface area contributed by atoms with Gasteiger partial charge in [-0.3, -0.25) is 0 Å². The van der Waals surface area contributed by atoms with E-state index >= 15 is 0 Å². The maximum atomic E-state index is 10.2. The second-order valence-electron chi connectivity index (χ2n) is 23.7. The molecule has 0 radical (unpaired) electrons. The van der Waals surface area contributed by atoms with Crippen LogP contribution < -0.4 is 4.90 Å². The number of rotatable bonds is 7. The summed E-state index contributed by atoms with van der Waals surface area (Å²) >= 11 is 0. The summed E-state index contributed by atoms with van der Waals surface area (Å²) in [6.07, 6.45) is 2.32. The first-order chi connectivity index (χ1) is 73.7. The number of anilines is 3. The van der Waals surface area contributed by atoms with Crippen molar-refractivity contribution in [1.82, 2.24) is 0 Å². The number of benzene rings is 16. The number of aliphatic hydroxyl groups excluding tert-OH is 10. The molecular formula is C131H197NO17S. The second-order valence-corrected chi connectivity index (χ2v) is 26.0. The Kier molecular flexibility index (Phi) is 206. The third kappa shape index (κ3) is 149. The van der Waals surface area contributed by atoms with Crippen molar-refractivity contribution in [2.45, 2.75) is 131 Å². The number of hydrogen-bond acceptors (Lipinski definition) is 17. The summed E-state index contributed by atoms with van der Waals surface area (Å²) in [5.41, 5.74) is 7.83. The molecule has 0 fully saturated rings. The van der Waals surface area contributed by atoms with Gasteiger partial charge < -0.3 is 75.7 Å². The van der Waals surface area contributed by atoms with Crippen molar-refractivity contribution in [2.75, 3.05) is 103 Å². The van der Waals surface area contributed by atoms with Crippen LogP contribution in [0.4, 0.5) is 17.1 Å². The van der Waals surface area contributed by atoms with Crippen LogP contribution in [-0.4, -0.2) is 179 Å². The molecule has 0 saturated carbocycles. The van der Waals surface area contributed by atoms with E-state index in [0.29, 0.717) is 17.2 Å². The molecule has 834 valence electrons. The predicted molar refractivity (Wildman–Crippen MR) is 657 cm³/mol. The number of carboxylic acid groups (broad SMARTS) is 1. The van der Waals surface area contributed by atoms with E-state index in [0.717, 1.165) is 83.6 Å². The van der Waals surface area contributed by atoms with Gasteiger partial charge in [-0.2, -0.15) is 0 Å². The number of phenols is 1. The Balaban J connectivity index is -0.0000000842. The van der Waals surface area contributed by atoms with Crippen LogP contribution in [0, 0.1) is 0 Å². The first-order valence-corrected chi connectivity index (χ1v) is 51.7. The van der Waals surface area contributed by atoms with Gasteiger partial charge in [0.2, 0.25) is 0 Å². The highest BCUT2D eigenvalue weighted by atomic mass is 32.2. The van der Waals surface area contributed by atoms with Crippen LogP contribution in [0.25, 0.3) is 0 Å². The van der Waals surface area contributed by atoms with E-state index in [9.17, 15) is 18.0 Å². The molecule has 0 spiro atoms. The van der Waals surface area contributed by atoms with E-state index in [1.165, 1.54) is 47.6 Å². The highest BCUT2D eigenvalue weighted by molar-refractivity contribution is 7.89. The van der Waals surface area contributed by atoms with Crippen LogP contribution in [0.1, 0.15) is 158 Å². The number of aliphatic hydroxyl groups is 10. The van der Waals surface area contributed by atoms with Crippen LogP contribution >= 0.6 is 0 Å². The number of carbonyl (C=O) groups excluding carboxylic acids is 1. The first-order valence-electron chi connectivity index (χ1n) is 49.4. The highest BCUT2D eigenvalue weighted by Crippen LogP contribution is 2.34. The monoisotopic (exact) mass is 2090 g/mol. The summed E-state index contributed by atoms with van der Waals surface area (Å²) in [4.78, 5) is 21.9. The van der Waals surface area contributed by atoms with Gasteiger partial charge in [-0.25, -0.2) is 13.2 Å². The fourth-order valence-corrected chi connectivity index (χ4v) is 8.78. The van der Waals surface area contributed by atoms with Gasteiger partial charge in [-0.15, -0.1) is 0 Å². The molecule has 0 bridgehead atoms. The zero-order chi connectivity index (χ0) is 118. The Bertz CT molecular complexity index is 3840. The molecule has 12 N–H and O–H groups in total. The molecule has 0 aliphatic carbocycles. The van der Waals surface area contributed by atoms with Crippen molar-refractivity contribution in [2.24, 2.45) is 0 Å². The third-order valence-electron chi connectivity index (χ3n) is 13.6. The molecular weight excluding hydrogens is 1890 g/mol. The maximum absolute atomic E-state index is 10.2. The molecule has 19 heteroatoms. The van der Waals surface area contributed by atoms with E-state index < -0.39 is 15.8 Å². The summed E-state index contributed by atoms with van der Waals surface area (Å²) in [6, 6.07) is 176.